The zero-order valence-electron chi connectivity index (χ0n) is 19.6. The predicted molar refractivity (Wildman–Crippen MR) is 129 cm³/mol. The second kappa shape index (κ2) is 12.5. The van der Waals surface area contributed by atoms with Crippen LogP contribution in [0.4, 0.5) is 5.82 Å². The van der Waals surface area contributed by atoms with Gasteiger partial charge in [-0.3, -0.25) is 9.78 Å². The van der Waals surface area contributed by atoms with E-state index < -0.39 is 0 Å². The molecule has 0 radical (unpaired) electrons. The lowest BCUT2D eigenvalue weighted by molar-refractivity contribution is -0.198. The quantitative estimate of drug-likeness (QED) is 0.407. The highest BCUT2D eigenvalue weighted by Gasteiger charge is 2.22. The Morgan fingerprint density at radius 2 is 2.09 bits per heavy atom. The number of carbonyl (C=O) groups is 1. The molecule has 0 aliphatic carbocycles. The summed E-state index contributed by atoms with van der Waals surface area (Å²) in [7, 11) is 1.69. The van der Waals surface area contributed by atoms with Gasteiger partial charge in [-0.25, -0.2) is 15.3 Å². The van der Waals surface area contributed by atoms with Crippen molar-refractivity contribution in [1.82, 2.24) is 20.3 Å². The molecule has 3 heterocycles. The highest BCUT2D eigenvalue weighted by Crippen LogP contribution is 2.17. The van der Waals surface area contributed by atoms with Crippen LogP contribution in [0.3, 0.4) is 0 Å². The van der Waals surface area contributed by atoms with Gasteiger partial charge in [0.25, 0.3) is 5.91 Å². The smallest absolute Gasteiger partial charge is 0.267 e. The Hall–Kier alpha value is -3.01. The zero-order valence-corrected chi connectivity index (χ0v) is 19.6. The van der Waals surface area contributed by atoms with Crippen LogP contribution in [0.2, 0.25) is 0 Å². The topological polar surface area (TPSA) is 97.8 Å². The summed E-state index contributed by atoms with van der Waals surface area (Å²) >= 11 is 0. The van der Waals surface area contributed by atoms with E-state index in [-0.39, 0.29) is 12.2 Å². The summed E-state index contributed by atoms with van der Waals surface area (Å²) in [6.07, 6.45) is 10.9. The number of hydroxylamine groups is 1. The Morgan fingerprint density at radius 1 is 1.21 bits per heavy atom. The summed E-state index contributed by atoms with van der Waals surface area (Å²) in [5, 5.41) is 3.46. The van der Waals surface area contributed by atoms with Crippen molar-refractivity contribution < 1.29 is 19.1 Å². The van der Waals surface area contributed by atoms with Gasteiger partial charge in [0.05, 0.1) is 25.2 Å². The van der Waals surface area contributed by atoms with E-state index >= 15 is 0 Å². The van der Waals surface area contributed by atoms with Crippen LogP contribution in [0.1, 0.15) is 36.9 Å². The summed E-state index contributed by atoms with van der Waals surface area (Å²) in [6, 6.07) is 8.61. The van der Waals surface area contributed by atoms with Gasteiger partial charge in [0.2, 0.25) is 0 Å². The van der Waals surface area contributed by atoms with Crippen LogP contribution in [-0.4, -0.2) is 66.5 Å². The molecule has 182 valence electrons. The average Bonchev–Trinajstić information content (AvgIpc) is 3.34. The normalized spacial score (nSPS) is 21.0. The lowest BCUT2D eigenvalue weighted by Gasteiger charge is -2.21. The molecular formula is C25H33N5O4. The van der Waals surface area contributed by atoms with Crippen molar-refractivity contribution in [2.24, 2.45) is 0 Å². The van der Waals surface area contributed by atoms with Gasteiger partial charge >= 0.3 is 0 Å². The molecular weight excluding hydrogens is 434 g/mol. The van der Waals surface area contributed by atoms with E-state index in [2.05, 4.69) is 37.8 Å². The number of nitrogens with zero attached hydrogens (tertiary/aromatic N) is 3. The number of nitrogens with one attached hydrogen (secondary N) is 2. The van der Waals surface area contributed by atoms with Crippen molar-refractivity contribution in [2.75, 3.05) is 38.7 Å². The van der Waals surface area contributed by atoms with Gasteiger partial charge in [-0.2, -0.15) is 0 Å². The molecule has 1 aromatic heterocycles. The molecule has 2 saturated heterocycles. The summed E-state index contributed by atoms with van der Waals surface area (Å²) in [5.41, 5.74) is 4.30. The number of benzene rings is 1. The van der Waals surface area contributed by atoms with E-state index in [0.29, 0.717) is 18.3 Å². The Kier molecular flexibility index (Phi) is 8.84. The van der Waals surface area contributed by atoms with Crippen molar-refractivity contribution in [2.45, 2.75) is 44.4 Å². The van der Waals surface area contributed by atoms with E-state index in [4.69, 9.17) is 14.3 Å². The van der Waals surface area contributed by atoms with Crippen molar-refractivity contribution in [3.63, 3.8) is 0 Å². The first-order valence-corrected chi connectivity index (χ1v) is 11.9. The largest absolute Gasteiger partial charge is 0.497 e. The molecule has 1 unspecified atom stereocenters. The number of ether oxygens (including phenoxy) is 2. The van der Waals surface area contributed by atoms with Gasteiger partial charge in [0.1, 0.15) is 11.6 Å². The summed E-state index contributed by atoms with van der Waals surface area (Å²) in [6.45, 7) is 3.73. The third-order valence-corrected chi connectivity index (χ3v) is 6.01. The Balaban J connectivity index is 1.16. The fourth-order valence-corrected chi connectivity index (χ4v) is 4.06. The Morgan fingerprint density at radius 3 is 2.82 bits per heavy atom. The fraction of sp³-hybridized carbons (Fsp3) is 0.480. The predicted octanol–water partition coefficient (Wildman–Crippen LogP) is 2.80. The van der Waals surface area contributed by atoms with E-state index in [1.165, 1.54) is 11.6 Å². The second-order valence-corrected chi connectivity index (χ2v) is 8.57. The van der Waals surface area contributed by atoms with Crippen molar-refractivity contribution in [3.8, 4) is 5.75 Å². The number of rotatable bonds is 10. The fourth-order valence-electron chi connectivity index (χ4n) is 4.06. The molecule has 2 aliphatic heterocycles. The molecule has 2 atom stereocenters. The monoisotopic (exact) mass is 467 g/mol. The minimum Gasteiger partial charge on any atom is -0.497 e. The summed E-state index contributed by atoms with van der Waals surface area (Å²) in [4.78, 5) is 28.4. The molecule has 0 saturated carbocycles. The highest BCUT2D eigenvalue weighted by molar-refractivity contribution is 5.90. The van der Waals surface area contributed by atoms with Gasteiger partial charge in [-0.1, -0.05) is 12.1 Å². The van der Waals surface area contributed by atoms with Gasteiger partial charge < -0.3 is 19.7 Å². The number of methoxy groups -OCH3 is 1. The molecule has 9 nitrogen and oxygen atoms in total. The maximum atomic E-state index is 11.9. The molecule has 34 heavy (non-hydrogen) atoms. The molecule has 2 fully saturated rings. The average molecular weight is 468 g/mol. The van der Waals surface area contributed by atoms with E-state index in [1.807, 2.05) is 12.1 Å². The second-order valence-electron chi connectivity index (χ2n) is 8.57. The number of carbonyl (C=O) groups excluding carboxylic acids is 1. The maximum Gasteiger partial charge on any atom is 0.267 e. The van der Waals surface area contributed by atoms with Crippen molar-refractivity contribution >= 4 is 17.8 Å². The minimum absolute atomic E-state index is 0.344. The molecule has 4 rings (SSSR count). The molecule has 2 N–H and O–H groups in total. The number of hydrogen-bond acceptors (Lipinski definition) is 8. The van der Waals surface area contributed by atoms with Crippen LogP contribution in [0.25, 0.3) is 6.08 Å². The van der Waals surface area contributed by atoms with E-state index in [9.17, 15) is 4.79 Å². The summed E-state index contributed by atoms with van der Waals surface area (Å²) < 4.78 is 10.6. The van der Waals surface area contributed by atoms with Gasteiger partial charge in [0, 0.05) is 44.8 Å². The lowest BCUT2D eigenvalue weighted by Crippen LogP contribution is -2.32. The van der Waals surface area contributed by atoms with E-state index in [1.54, 1.807) is 25.6 Å². The molecule has 1 amide bonds. The SMILES string of the molecule is COc1ccc(CCN2CC[C@@H](Nc3cnc(C=CC(=O)NOC4CCCCO4)cn3)C2)cc1. The zero-order chi connectivity index (χ0) is 23.6. The van der Waals surface area contributed by atoms with Crippen LogP contribution in [-0.2, 0) is 20.8 Å². The third-order valence-electron chi connectivity index (χ3n) is 6.01. The summed E-state index contributed by atoms with van der Waals surface area (Å²) in [5.74, 6) is 1.26. The van der Waals surface area contributed by atoms with E-state index in [0.717, 1.165) is 63.3 Å². The number of anilines is 1. The molecule has 1 aromatic carbocycles. The number of likely N-dealkylation sites (tertiary alicyclic amines) is 1. The molecule has 2 aromatic rings. The molecule has 0 bridgehead atoms. The lowest BCUT2D eigenvalue weighted by atomic mass is 10.1. The highest BCUT2D eigenvalue weighted by atomic mass is 16.8. The minimum atomic E-state index is -0.370. The Bertz CT molecular complexity index is 929. The van der Waals surface area contributed by atoms with Crippen LogP contribution in [0.5, 0.6) is 5.75 Å². The first kappa shape index (κ1) is 24.1. The van der Waals surface area contributed by atoms with Gasteiger partial charge in [0.15, 0.2) is 6.29 Å². The Labute approximate surface area is 200 Å². The van der Waals surface area contributed by atoms with Crippen LogP contribution in [0, 0.1) is 0 Å². The van der Waals surface area contributed by atoms with Gasteiger partial charge in [-0.15, -0.1) is 0 Å². The standard InChI is InChI=1S/C25H33N5O4/c1-32-22-8-5-19(6-9-22)11-13-30-14-12-21(18-30)28-23-17-26-20(16-27-23)7-10-24(31)29-34-25-4-2-3-15-33-25/h5-10,16-17,21,25H,2-4,11-15,18H2,1H3,(H,27,28)(H,29,31)/t21-,25?/m1/s1. The van der Waals surface area contributed by atoms with Crippen molar-refractivity contribution in [3.05, 3.63) is 54.0 Å². The van der Waals surface area contributed by atoms with Crippen LogP contribution in [0.15, 0.2) is 42.7 Å². The van der Waals surface area contributed by atoms with Gasteiger partial charge in [-0.05, 0) is 49.5 Å². The molecule has 9 heteroatoms. The van der Waals surface area contributed by atoms with Crippen LogP contribution >= 0.6 is 0 Å². The third kappa shape index (κ3) is 7.51. The van der Waals surface area contributed by atoms with Crippen LogP contribution < -0.4 is 15.5 Å². The molecule has 2 aliphatic rings. The number of hydrogen-bond donors (Lipinski definition) is 2. The number of amides is 1. The maximum absolute atomic E-state index is 11.9. The van der Waals surface area contributed by atoms with Crippen molar-refractivity contribution in [1.29, 1.82) is 0 Å². The molecule has 0 spiro atoms. The first-order chi connectivity index (χ1) is 16.7. The number of aromatic nitrogens is 2. The first-order valence-electron chi connectivity index (χ1n) is 11.9.